The van der Waals surface area contributed by atoms with E-state index in [0.717, 1.165) is 5.75 Å². The van der Waals surface area contributed by atoms with Crippen molar-refractivity contribution in [2.24, 2.45) is 0 Å². The summed E-state index contributed by atoms with van der Waals surface area (Å²) < 4.78 is 0. The lowest BCUT2D eigenvalue weighted by atomic mass is 9.94. The molecule has 0 spiro atoms. The number of pyridine rings is 1. The predicted molar refractivity (Wildman–Crippen MR) is 76.9 cm³/mol. The number of rotatable bonds is 3. The molecule has 0 N–H and O–H groups in total. The SMILES string of the molecule is c1ccc(CSc2nccc3c2CCCC3)cc1. The zero-order valence-corrected chi connectivity index (χ0v) is 11.2. The molecular formula is C16H17NS. The van der Waals surface area contributed by atoms with E-state index in [4.69, 9.17) is 0 Å². The minimum Gasteiger partial charge on any atom is -0.250 e. The number of nitrogens with zero attached hydrogens (tertiary/aromatic N) is 1. The molecule has 2 heteroatoms. The Morgan fingerprint density at radius 1 is 1.00 bits per heavy atom. The Morgan fingerprint density at radius 3 is 2.72 bits per heavy atom. The quantitative estimate of drug-likeness (QED) is 0.760. The van der Waals surface area contributed by atoms with E-state index in [2.05, 4.69) is 41.4 Å². The van der Waals surface area contributed by atoms with E-state index in [0.29, 0.717) is 0 Å². The van der Waals surface area contributed by atoms with Gasteiger partial charge in [-0.15, -0.1) is 11.8 Å². The van der Waals surface area contributed by atoms with Crippen LogP contribution in [0.15, 0.2) is 47.6 Å². The fraction of sp³-hybridized carbons (Fsp3) is 0.312. The van der Waals surface area contributed by atoms with Crippen LogP contribution in [-0.2, 0) is 18.6 Å². The predicted octanol–water partition coefficient (Wildman–Crippen LogP) is 4.25. The van der Waals surface area contributed by atoms with Gasteiger partial charge in [-0.1, -0.05) is 30.3 Å². The van der Waals surface area contributed by atoms with E-state index in [1.165, 1.54) is 47.4 Å². The van der Waals surface area contributed by atoms with Crippen molar-refractivity contribution in [3.8, 4) is 0 Å². The van der Waals surface area contributed by atoms with Crippen molar-refractivity contribution in [1.29, 1.82) is 0 Å². The van der Waals surface area contributed by atoms with Crippen LogP contribution in [0, 0.1) is 0 Å². The molecule has 2 aromatic rings. The molecule has 1 nitrogen and oxygen atoms in total. The molecular weight excluding hydrogens is 238 g/mol. The largest absolute Gasteiger partial charge is 0.250 e. The molecule has 0 atom stereocenters. The summed E-state index contributed by atoms with van der Waals surface area (Å²) in [5.41, 5.74) is 4.40. The number of hydrogen-bond acceptors (Lipinski definition) is 2. The first-order valence-electron chi connectivity index (χ1n) is 6.57. The number of hydrogen-bond donors (Lipinski definition) is 0. The van der Waals surface area contributed by atoms with Gasteiger partial charge in [-0.2, -0.15) is 0 Å². The Hall–Kier alpha value is -1.28. The summed E-state index contributed by atoms with van der Waals surface area (Å²) in [6.45, 7) is 0. The molecule has 92 valence electrons. The van der Waals surface area contributed by atoms with E-state index < -0.39 is 0 Å². The van der Waals surface area contributed by atoms with Crippen LogP contribution >= 0.6 is 11.8 Å². The maximum absolute atomic E-state index is 4.57. The van der Waals surface area contributed by atoms with Crippen molar-refractivity contribution in [3.05, 3.63) is 59.3 Å². The van der Waals surface area contributed by atoms with Gasteiger partial charge in [0.2, 0.25) is 0 Å². The van der Waals surface area contributed by atoms with Gasteiger partial charge in [0, 0.05) is 11.9 Å². The average Bonchev–Trinajstić information content (AvgIpc) is 2.46. The normalized spacial score (nSPS) is 14.2. The van der Waals surface area contributed by atoms with E-state index in [1.807, 2.05) is 18.0 Å². The number of aromatic nitrogens is 1. The molecule has 1 heterocycles. The van der Waals surface area contributed by atoms with Crippen molar-refractivity contribution in [2.45, 2.75) is 36.5 Å². The highest BCUT2D eigenvalue weighted by atomic mass is 32.2. The smallest absolute Gasteiger partial charge is 0.0997 e. The average molecular weight is 255 g/mol. The molecule has 0 saturated carbocycles. The number of fused-ring (bicyclic) bond motifs is 1. The lowest BCUT2D eigenvalue weighted by molar-refractivity contribution is 0.667. The lowest BCUT2D eigenvalue weighted by Gasteiger charge is -2.17. The lowest BCUT2D eigenvalue weighted by Crippen LogP contribution is -2.05. The van der Waals surface area contributed by atoms with Gasteiger partial charge in [-0.25, -0.2) is 4.98 Å². The van der Waals surface area contributed by atoms with Crippen LogP contribution in [0.2, 0.25) is 0 Å². The summed E-state index contributed by atoms with van der Waals surface area (Å²) in [6.07, 6.45) is 7.06. The molecule has 0 fully saturated rings. The van der Waals surface area contributed by atoms with Crippen LogP contribution < -0.4 is 0 Å². The molecule has 18 heavy (non-hydrogen) atoms. The third kappa shape index (κ3) is 2.59. The van der Waals surface area contributed by atoms with Crippen LogP contribution in [0.4, 0.5) is 0 Å². The fourth-order valence-corrected chi connectivity index (χ4v) is 3.52. The summed E-state index contributed by atoms with van der Waals surface area (Å²) in [4.78, 5) is 4.57. The van der Waals surface area contributed by atoms with Crippen molar-refractivity contribution >= 4 is 11.8 Å². The van der Waals surface area contributed by atoms with Crippen molar-refractivity contribution in [3.63, 3.8) is 0 Å². The highest BCUT2D eigenvalue weighted by Crippen LogP contribution is 2.30. The second-order valence-corrected chi connectivity index (χ2v) is 5.70. The van der Waals surface area contributed by atoms with Gasteiger partial charge in [0.25, 0.3) is 0 Å². The first-order valence-corrected chi connectivity index (χ1v) is 7.55. The number of aryl methyl sites for hydroxylation is 1. The molecule has 3 rings (SSSR count). The molecule has 0 saturated heterocycles. The third-order valence-corrected chi connectivity index (χ3v) is 4.56. The summed E-state index contributed by atoms with van der Waals surface area (Å²) in [5, 5.41) is 1.25. The van der Waals surface area contributed by atoms with E-state index in [-0.39, 0.29) is 0 Å². The van der Waals surface area contributed by atoms with Crippen LogP contribution in [0.1, 0.15) is 29.5 Å². The standard InChI is InChI=1S/C16H17NS/c1-2-6-13(7-3-1)12-18-16-15-9-5-4-8-14(15)10-11-17-16/h1-3,6-7,10-11H,4-5,8-9,12H2. The van der Waals surface area contributed by atoms with Gasteiger partial charge in [-0.3, -0.25) is 0 Å². The summed E-state index contributed by atoms with van der Waals surface area (Å²) in [7, 11) is 0. The van der Waals surface area contributed by atoms with Gasteiger partial charge >= 0.3 is 0 Å². The summed E-state index contributed by atoms with van der Waals surface area (Å²) in [5.74, 6) is 1.02. The van der Waals surface area contributed by atoms with Crippen molar-refractivity contribution in [2.75, 3.05) is 0 Å². The minimum absolute atomic E-state index is 1.02. The van der Waals surface area contributed by atoms with Crippen LogP contribution in [0.25, 0.3) is 0 Å². The molecule has 0 bridgehead atoms. The van der Waals surface area contributed by atoms with Gasteiger partial charge in [-0.05, 0) is 48.4 Å². The second kappa shape index (κ2) is 5.57. The highest BCUT2D eigenvalue weighted by Gasteiger charge is 2.14. The molecule has 0 unspecified atom stereocenters. The Balaban J connectivity index is 1.77. The Labute approximate surface area is 113 Å². The zero-order chi connectivity index (χ0) is 12.2. The topological polar surface area (TPSA) is 12.9 Å². The fourth-order valence-electron chi connectivity index (χ4n) is 2.48. The molecule has 0 amide bonds. The summed E-state index contributed by atoms with van der Waals surface area (Å²) in [6, 6.07) is 12.8. The number of benzene rings is 1. The van der Waals surface area contributed by atoms with Crippen LogP contribution in [-0.4, -0.2) is 4.98 Å². The molecule has 1 aromatic carbocycles. The van der Waals surface area contributed by atoms with Gasteiger partial charge in [0.1, 0.15) is 0 Å². The van der Waals surface area contributed by atoms with Crippen LogP contribution in [0.3, 0.4) is 0 Å². The molecule has 0 aliphatic heterocycles. The minimum atomic E-state index is 1.02. The van der Waals surface area contributed by atoms with Crippen LogP contribution in [0.5, 0.6) is 0 Å². The Morgan fingerprint density at radius 2 is 1.83 bits per heavy atom. The van der Waals surface area contributed by atoms with Gasteiger partial charge in [0.15, 0.2) is 0 Å². The highest BCUT2D eigenvalue weighted by molar-refractivity contribution is 7.98. The van der Waals surface area contributed by atoms with Gasteiger partial charge in [0.05, 0.1) is 5.03 Å². The van der Waals surface area contributed by atoms with E-state index >= 15 is 0 Å². The Kier molecular flexibility index (Phi) is 3.65. The monoisotopic (exact) mass is 255 g/mol. The zero-order valence-electron chi connectivity index (χ0n) is 10.4. The van der Waals surface area contributed by atoms with E-state index in [1.54, 1.807) is 0 Å². The first-order chi connectivity index (χ1) is 8.93. The van der Waals surface area contributed by atoms with Crippen molar-refractivity contribution < 1.29 is 0 Å². The van der Waals surface area contributed by atoms with E-state index in [9.17, 15) is 0 Å². The maximum Gasteiger partial charge on any atom is 0.0997 e. The number of thioether (sulfide) groups is 1. The maximum atomic E-state index is 4.57. The summed E-state index contributed by atoms with van der Waals surface area (Å²) >= 11 is 1.88. The first kappa shape index (κ1) is 11.8. The Bertz CT molecular complexity index is 522. The molecule has 1 aliphatic rings. The molecule has 1 aromatic heterocycles. The van der Waals surface area contributed by atoms with Crippen molar-refractivity contribution in [1.82, 2.24) is 4.98 Å². The molecule has 0 radical (unpaired) electrons. The molecule has 1 aliphatic carbocycles. The van der Waals surface area contributed by atoms with Gasteiger partial charge < -0.3 is 0 Å². The third-order valence-electron chi connectivity index (χ3n) is 3.45. The second-order valence-electron chi connectivity index (χ2n) is 4.74.